The van der Waals surface area contributed by atoms with Crippen molar-refractivity contribution in [1.29, 1.82) is 0 Å². The molecule has 6 rings (SSSR count). The molecular formula is C27H25N11O2. The second-order valence-corrected chi connectivity index (χ2v) is 9.21. The van der Waals surface area contributed by atoms with E-state index in [2.05, 4.69) is 30.6 Å². The van der Waals surface area contributed by atoms with E-state index in [9.17, 15) is 4.79 Å². The lowest BCUT2D eigenvalue weighted by Gasteiger charge is -2.21. The van der Waals surface area contributed by atoms with E-state index < -0.39 is 0 Å². The molecule has 1 aromatic carbocycles. The molecule has 0 aliphatic rings. The van der Waals surface area contributed by atoms with E-state index in [0.717, 1.165) is 11.1 Å². The van der Waals surface area contributed by atoms with Crippen LogP contribution in [0.3, 0.4) is 0 Å². The summed E-state index contributed by atoms with van der Waals surface area (Å²) in [7, 11) is 0. The van der Waals surface area contributed by atoms with Gasteiger partial charge in [0.1, 0.15) is 28.6 Å². The van der Waals surface area contributed by atoms with Gasteiger partial charge >= 0.3 is 0 Å². The monoisotopic (exact) mass is 535 g/mol. The van der Waals surface area contributed by atoms with Crippen LogP contribution in [0.1, 0.15) is 22.5 Å². The van der Waals surface area contributed by atoms with Crippen molar-refractivity contribution in [2.45, 2.75) is 26.2 Å². The number of pyridine rings is 2. The van der Waals surface area contributed by atoms with Crippen molar-refractivity contribution in [3.05, 3.63) is 112 Å². The van der Waals surface area contributed by atoms with Crippen molar-refractivity contribution in [2.24, 2.45) is 0 Å². The van der Waals surface area contributed by atoms with E-state index >= 15 is 0 Å². The highest BCUT2D eigenvalue weighted by molar-refractivity contribution is 5.77. The molecule has 5 heterocycles. The number of rotatable bonds is 9. The number of benzene rings is 1. The number of aromatic nitrogens is 8. The number of hydrogen-bond acceptors (Lipinski definition) is 11. The van der Waals surface area contributed by atoms with Crippen LogP contribution >= 0.6 is 0 Å². The maximum absolute atomic E-state index is 12.9. The molecule has 0 amide bonds. The fourth-order valence-corrected chi connectivity index (χ4v) is 4.34. The molecule has 13 nitrogen and oxygen atoms in total. The van der Waals surface area contributed by atoms with Gasteiger partial charge in [-0.25, -0.2) is 19.3 Å². The van der Waals surface area contributed by atoms with Crippen LogP contribution in [-0.4, -0.2) is 40.0 Å². The molecule has 13 heteroatoms. The molecule has 40 heavy (non-hydrogen) atoms. The normalized spacial score (nSPS) is 11.2. The Morgan fingerprint density at radius 2 is 1.35 bits per heavy atom. The van der Waals surface area contributed by atoms with Crippen molar-refractivity contribution in [3.63, 3.8) is 0 Å². The Hall–Kier alpha value is -5.59. The SMILES string of the molecule is Nc1ncccc1Cn1cc(CN(Cc2cn(Cc3cccnc3N)nn2)c2cc(=O)c3ccccc3o2)nn1. The van der Waals surface area contributed by atoms with Crippen LogP contribution in [0.4, 0.5) is 17.5 Å². The molecular weight excluding hydrogens is 510 g/mol. The van der Waals surface area contributed by atoms with Crippen LogP contribution in [0.25, 0.3) is 11.0 Å². The first kappa shape index (κ1) is 24.7. The van der Waals surface area contributed by atoms with Gasteiger partial charge in [-0.1, -0.05) is 34.7 Å². The predicted molar refractivity (Wildman–Crippen MR) is 148 cm³/mol. The average molecular weight is 536 g/mol. The maximum Gasteiger partial charge on any atom is 0.200 e. The lowest BCUT2D eigenvalue weighted by Crippen LogP contribution is -2.24. The van der Waals surface area contributed by atoms with Gasteiger partial charge < -0.3 is 20.8 Å². The lowest BCUT2D eigenvalue weighted by molar-refractivity contribution is 0.561. The van der Waals surface area contributed by atoms with E-state index in [1.807, 2.05) is 47.6 Å². The Kier molecular flexibility index (Phi) is 6.58. The van der Waals surface area contributed by atoms with Crippen LogP contribution in [0.2, 0.25) is 0 Å². The first-order valence-corrected chi connectivity index (χ1v) is 12.5. The number of anilines is 3. The van der Waals surface area contributed by atoms with Crippen LogP contribution in [0.5, 0.6) is 0 Å². The van der Waals surface area contributed by atoms with Crippen LogP contribution in [-0.2, 0) is 26.2 Å². The largest absolute Gasteiger partial charge is 0.440 e. The number of para-hydroxylation sites is 1. The van der Waals surface area contributed by atoms with Gasteiger partial charge in [-0.3, -0.25) is 4.79 Å². The third kappa shape index (κ3) is 5.34. The molecule has 0 radical (unpaired) electrons. The highest BCUT2D eigenvalue weighted by Crippen LogP contribution is 2.22. The molecule has 0 saturated carbocycles. The maximum atomic E-state index is 12.9. The predicted octanol–water partition coefficient (Wildman–Crippen LogP) is 2.23. The lowest BCUT2D eigenvalue weighted by atomic mass is 10.2. The van der Waals surface area contributed by atoms with Gasteiger partial charge in [-0.2, -0.15) is 0 Å². The highest BCUT2D eigenvalue weighted by Gasteiger charge is 2.18. The van der Waals surface area contributed by atoms with Gasteiger partial charge in [0.2, 0.25) is 5.88 Å². The second-order valence-electron chi connectivity index (χ2n) is 9.21. The van der Waals surface area contributed by atoms with Crippen molar-refractivity contribution in [2.75, 3.05) is 16.4 Å². The van der Waals surface area contributed by atoms with Crippen LogP contribution in [0.15, 0.2) is 88.6 Å². The molecule has 0 aliphatic heterocycles. The van der Waals surface area contributed by atoms with Gasteiger partial charge in [-0.05, 0) is 24.3 Å². The minimum Gasteiger partial charge on any atom is -0.440 e. The number of fused-ring (bicyclic) bond motifs is 1. The zero-order valence-corrected chi connectivity index (χ0v) is 21.3. The Labute approximate surface area is 227 Å². The molecule has 0 unspecified atom stereocenters. The molecule has 0 spiro atoms. The van der Waals surface area contributed by atoms with E-state index in [4.69, 9.17) is 15.9 Å². The first-order chi connectivity index (χ1) is 19.5. The summed E-state index contributed by atoms with van der Waals surface area (Å²) in [5.74, 6) is 1.26. The van der Waals surface area contributed by atoms with Crippen molar-refractivity contribution in [3.8, 4) is 0 Å². The Balaban J connectivity index is 1.28. The Bertz CT molecular complexity index is 1750. The quantitative estimate of drug-likeness (QED) is 0.278. The molecule has 4 N–H and O–H groups in total. The molecule has 0 fully saturated rings. The molecule has 0 aliphatic carbocycles. The Morgan fingerprint density at radius 3 is 1.93 bits per heavy atom. The third-order valence-corrected chi connectivity index (χ3v) is 6.33. The molecule has 0 saturated heterocycles. The number of nitrogens with zero attached hydrogens (tertiary/aromatic N) is 9. The smallest absolute Gasteiger partial charge is 0.200 e. The fraction of sp³-hybridized carbons (Fsp3) is 0.148. The van der Waals surface area contributed by atoms with Crippen molar-refractivity contribution in [1.82, 2.24) is 40.0 Å². The van der Waals surface area contributed by atoms with Crippen molar-refractivity contribution >= 4 is 28.5 Å². The number of nitrogen functional groups attached to an aromatic ring is 2. The minimum atomic E-state index is -0.145. The standard InChI is InChI=1S/C27H25N11O2/c28-26-18(5-3-9-30-26)12-37-16-20(32-34-37)14-36(25-11-23(39)22-7-1-2-8-24(22)40-25)15-21-17-38(35-33-21)13-19-6-4-10-31-27(19)29/h1-11,16-17H,12-15H2,(H2,28,30)(H2,29,31). The topological polar surface area (TPSA) is 173 Å². The first-order valence-electron chi connectivity index (χ1n) is 12.5. The summed E-state index contributed by atoms with van der Waals surface area (Å²) in [5.41, 5.74) is 15.3. The Morgan fingerprint density at radius 1 is 0.775 bits per heavy atom. The van der Waals surface area contributed by atoms with Gasteiger partial charge in [0.15, 0.2) is 5.43 Å². The second kappa shape index (κ2) is 10.6. The summed E-state index contributed by atoms with van der Waals surface area (Å²) >= 11 is 0. The zero-order valence-electron chi connectivity index (χ0n) is 21.3. The number of nitrogens with two attached hydrogens (primary N) is 2. The highest BCUT2D eigenvalue weighted by atomic mass is 16.4. The molecule has 0 atom stereocenters. The summed E-state index contributed by atoms with van der Waals surface area (Å²) in [6.07, 6.45) is 6.92. The summed E-state index contributed by atoms with van der Waals surface area (Å²) in [6.45, 7) is 1.44. The van der Waals surface area contributed by atoms with E-state index in [0.29, 0.717) is 66.1 Å². The van der Waals surface area contributed by atoms with E-state index in [1.165, 1.54) is 6.07 Å². The van der Waals surface area contributed by atoms with Gasteiger partial charge in [0, 0.05) is 29.6 Å². The molecule has 0 bridgehead atoms. The molecule has 5 aromatic heterocycles. The summed E-state index contributed by atoms with van der Waals surface area (Å²) < 4.78 is 9.52. The summed E-state index contributed by atoms with van der Waals surface area (Å²) in [4.78, 5) is 23.0. The van der Waals surface area contributed by atoms with Gasteiger partial charge in [0.05, 0.1) is 44.0 Å². The fourth-order valence-electron chi connectivity index (χ4n) is 4.34. The molecule has 200 valence electrons. The van der Waals surface area contributed by atoms with Gasteiger partial charge in [-0.15, -0.1) is 10.2 Å². The summed E-state index contributed by atoms with van der Waals surface area (Å²) in [6, 6.07) is 16.0. The molecule has 6 aromatic rings. The van der Waals surface area contributed by atoms with E-state index in [1.54, 1.807) is 40.0 Å². The van der Waals surface area contributed by atoms with Crippen LogP contribution in [0, 0.1) is 0 Å². The zero-order chi connectivity index (χ0) is 27.5. The van der Waals surface area contributed by atoms with Crippen LogP contribution < -0.4 is 21.8 Å². The average Bonchev–Trinajstić information content (AvgIpc) is 3.60. The van der Waals surface area contributed by atoms with Gasteiger partial charge in [0.25, 0.3) is 0 Å². The third-order valence-electron chi connectivity index (χ3n) is 6.33. The minimum absolute atomic E-state index is 0.145. The van der Waals surface area contributed by atoms with E-state index in [-0.39, 0.29) is 5.43 Å². The van der Waals surface area contributed by atoms with Crippen molar-refractivity contribution < 1.29 is 4.42 Å². The summed E-state index contributed by atoms with van der Waals surface area (Å²) in [5, 5.41) is 17.7. The number of hydrogen-bond donors (Lipinski definition) is 2.